The first-order chi connectivity index (χ1) is 8.40. The van der Waals surface area contributed by atoms with E-state index in [-0.39, 0.29) is 21.6 Å². The molecule has 7 heteroatoms. The van der Waals surface area contributed by atoms with Gasteiger partial charge in [-0.1, -0.05) is 17.7 Å². The second kappa shape index (κ2) is 5.05. The van der Waals surface area contributed by atoms with Crippen LogP contribution in [0.2, 0.25) is 5.02 Å². The van der Waals surface area contributed by atoms with E-state index in [9.17, 15) is 8.42 Å². The largest absolute Gasteiger partial charge is 0.398 e. The lowest BCUT2D eigenvalue weighted by Crippen LogP contribution is -2.36. The maximum absolute atomic E-state index is 12.2. The van der Waals surface area contributed by atoms with Crippen LogP contribution in [0.25, 0.3) is 0 Å². The number of anilines is 1. The first kappa shape index (κ1) is 13.6. The SMILES string of the molecule is CN1CCC(NS(=O)(=O)c2c(N)cccc2Cl)C1. The molecule has 2 rings (SSSR count). The van der Waals surface area contributed by atoms with Crippen LogP contribution >= 0.6 is 11.6 Å². The molecule has 1 aromatic carbocycles. The summed E-state index contributed by atoms with van der Waals surface area (Å²) in [6, 6.07) is 4.59. The fraction of sp³-hybridized carbons (Fsp3) is 0.455. The van der Waals surface area contributed by atoms with E-state index in [1.165, 1.54) is 12.1 Å². The number of rotatable bonds is 3. The Bertz CT molecular complexity index is 527. The van der Waals surface area contributed by atoms with Gasteiger partial charge in [0.15, 0.2) is 0 Å². The second-order valence-corrected chi connectivity index (χ2v) is 6.59. The third kappa shape index (κ3) is 2.77. The van der Waals surface area contributed by atoms with Crippen LogP contribution in [0.15, 0.2) is 23.1 Å². The lowest BCUT2D eigenvalue weighted by atomic mass is 10.3. The third-order valence-corrected chi connectivity index (χ3v) is 5.04. The molecule has 1 heterocycles. The monoisotopic (exact) mass is 289 g/mol. The Hall–Kier alpha value is -0.820. The number of likely N-dealkylation sites (tertiary alicyclic amines) is 1. The summed E-state index contributed by atoms with van der Waals surface area (Å²) >= 11 is 5.92. The molecule has 1 fully saturated rings. The highest BCUT2D eigenvalue weighted by molar-refractivity contribution is 7.89. The average Bonchev–Trinajstić information content (AvgIpc) is 2.62. The Morgan fingerprint density at radius 1 is 1.50 bits per heavy atom. The van der Waals surface area contributed by atoms with Gasteiger partial charge in [0.05, 0.1) is 10.7 Å². The predicted octanol–water partition coefficient (Wildman–Crippen LogP) is 0.905. The van der Waals surface area contributed by atoms with E-state index in [0.717, 1.165) is 13.0 Å². The molecule has 1 aliphatic rings. The standard InChI is InChI=1S/C11H16ClN3O2S/c1-15-6-5-8(7-15)14-18(16,17)11-9(12)3-2-4-10(11)13/h2-4,8,14H,5-7,13H2,1H3. The van der Waals surface area contributed by atoms with Crippen molar-refractivity contribution in [2.75, 3.05) is 25.9 Å². The van der Waals surface area contributed by atoms with Crippen molar-refractivity contribution in [1.29, 1.82) is 0 Å². The number of nitrogens with zero attached hydrogens (tertiary/aromatic N) is 1. The number of halogens is 1. The molecule has 0 spiro atoms. The van der Waals surface area contributed by atoms with Gasteiger partial charge in [0.2, 0.25) is 10.0 Å². The Balaban J connectivity index is 2.26. The summed E-state index contributed by atoms with van der Waals surface area (Å²) < 4.78 is 27.1. The van der Waals surface area contributed by atoms with Crippen LogP contribution in [0, 0.1) is 0 Å². The first-order valence-corrected chi connectivity index (χ1v) is 7.51. The van der Waals surface area contributed by atoms with E-state index in [0.29, 0.717) is 6.54 Å². The van der Waals surface area contributed by atoms with E-state index in [1.54, 1.807) is 6.07 Å². The van der Waals surface area contributed by atoms with Crippen LogP contribution in [-0.2, 0) is 10.0 Å². The van der Waals surface area contributed by atoms with E-state index >= 15 is 0 Å². The van der Waals surface area contributed by atoms with Crippen LogP contribution in [0.1, 0.15) is 6.42 Å². The fourth-order valence-corrected chi connectivity index (χ4v) is 4.06. The van der Waals surface area contributed by atoms with Crippen molar-refractivity contribution in [3.63, 3.8) is 0 Å². The minimum absolute atomic E-state index is 0.0266. The minimum atomic E-state index is -3.66. The fourth-order valence-electron chi connectivity index (χ4n) is 2.12. The maximum Gasteiger partial charge on any atom is 0.244 e. The minimum Gasteiger partial charge on any atom is -0.398 e. The molecule has 100 valence electrons. The third-order valence-electron chi connectivity index (χ3n) is 2.98. The van der Waals surface area contributed by atoms with Crippen LogP contribution in [0.4, 0.5) is 5.69 Å². The zero-order chi connectivity index (χ0) is 13.3. The van der Waals surface area contributed by atoms with E-state index < -0.39 is 10.0 Å². The quantitative estimate of drug-likeness (QED) is 0.811. The van der Waals surface area contributed by atoms with Gasteiger partial charge >= 0.3 is 0 Å². The molecule has 5 nitrogen and oxygen atoms in total. The predicted molar refractivity (Wildman–Crippen MR) is 72.1 cm³/mol. The summed E-state index contributed by atoms with van der Waals surface area (Å²) in [6.45, 7) is 1.58. The molecule has 0 radical (unpaired) electrons. The van der Waals surface area contributed by atoms with E-state index in [1.807, 2.05) is 7.05 Å². The van der Waals surface area contributed by atoms with Crippen molar-refractivity contribution >= 4 is 27.3 Å². The number of hydrogen-bond acceptors (Lipinski definition) is 4. The number of likely N-dealkylation sites (N-methyl/N-ethyl adjacent to an activating group) is 1. The summed E-state index contributed by atoms with van der Waals surface area (Å²) in [5.41, 5.74) is 5.86. The molecule has 3 N–H and O–H groups in total. The zero-order valence-corrected chi connectivity index (χ0v) is 11.6. The van der Waals surface area contributed by atoms with Crippen molar-refractivity contribution in [2.24, 2.45) is 0 Å². The molecule has 1 unspecified atom stereocenters. The zero-order valence-electron chi connectivity index (χ0n) is 10.1. The highest BCUT2D eigenvalue weighted by atomic mass is 35.5. The molecule has 18 heavy (non-hydrogen) atoms. The van der Waals surface area contributed by atoms with E-state index in [4.69, 9.17) is 17.3 Å². The summed E-state index contributed by atoms with van der Waals surface area (Å²) in [5, 5.41) is 0.147. The van der Waals surface area contributed by atoms with Crippen molar-refractivity contribution in [2.45, 2.75) is 17.4 Å². The van der Waals surface area contributed by atoms with Crippen LogP contribution < -0.4 is 10.5 Å². The highest BCUT2D eigenvalue weighted by Crippen LogP contribution is 2.27. The Labute approximate surface area is 112 Å². The molecule has 1 saturated heterocycles. The van der Waals surface area contributed by atoms with Crippen molar-refractivity contribution in [3.8, 4) is 0 Å². The van der Waals surface area contributed by atoms with Crippen molar-refractivity contribution in [3.05, 3.63) is 23.2 Å². The summed E-state index contributed by atoms with van der Waals surface area (Å²) in [7, 11) is -1.71. The van der Waals surface area contributed by atoms with Crippen molar-refractivity contribution in [1.82, 2.24) is 9.62 Å². The number of nitrogens with one attached hydrogen (secondary N) is 1. The van der Waals surface area contributed by atoms with Crippen molar-refractivity contribution < 1.29 is 8.42 Å². The van der Waals surface area contributed by atoms with Gasteiger partial charge in [0.25, 0.3) is 0 Å². The summed E-state index contributed by atoms with van der Waals surface area (Å²) in [5.74, 6) is 0. The number of hydrogen-bond donors (Lipinski definition) is 2. The molecule has 1 aliphatic heterocycles. The summed E-state index contributed by atoms with van der Waals surface area (Å²) in [6.07, 6.45) is 0.792. The van der Waals surface area contributed by atoms with Gasteiger partial charge in [0, 0.05) is 12.6 Å². The van der Waals surface area contributed by atoms with E-state index in [2.05, 4.69) is 9.62 Å². The topological polar surface area (TPSA) is 75.4 Å². The lowest BCUT2D eigenvalue weighted by Gasteiger charge is -2.15. The molecule has 0 amide bonds. The number of nitrogens with two attached hydrogens (primary N) is 1. The molecule has 1 aromatic rings. The molecule has 0 aliphatic carbocycles. The van der Waals surface area contributed by atoms with Gasteiger partial charge in [-0.3, -0.25) is 0 Å². The molecule has 0 bridgehead atoms. The van der Waals surface area contributed by atoms with Crippen LogP contribution in [0.5, 0.6) is 0 Å². The Morgan fingerprint density at radius 3 is 2.78 bits per heavy atom. The number of benzene rings is 1. The van der Waals surface area contributed by atoms with Crippen LogP contribution in [0.3, 0.4) is 0 Å². The number of nitrogen functional groups attached to an aromatic ring is 1. The van der Waals surface area contributed by atoms with Gasteiger partial charge in [-0.05, 0) is 32.1 Å². The van der Waals surface area contributed by atoms with Gasteiger partial charge in [-0.2, -0.15) is 0 Å². The maximum atomic E-state index is 12.2. The molecular weight excluding hydrogens is 274 g/mol. The Kier molecular flexibility index (Phi) is 3.82. The second-order valence-electron chi connectivity index (χ2n) is 4.53. The summed E-state index contributed by atoms with van der Waals surface area (Å²) in [4.78, 5) is 2.05. The normalized spacial score (nSPS) is 21.3. The number of sulfonamides is 1. The van der Waals surface area contributed by atoms with Crippen LogP contribution in [-0.4, -0.2) is 39.5 Å². The van der Waals surface area contributed by atoms with Gasteiger partial charge in [-0.15, -0.1) is 0 Å². The molecular formula is C11H16ClN3O2S. The lowest BCUT2D eigenvalue weighted by molar-refractivity contribution is 0.407. The molecule has 1 atom stereocenters. The molecule has 0 saturated carbocycles. The Morgan fingerprint density at radius 2 is 2.22 bits per heavy atom. The smallest absolute Gasteiger partial charge is 0.244 e. The van der Waals surface area contributed by atoms with Gasteiger partial charge < -0.3 is 10.6 Å². The first-order valence-electron chi connectivity index (χ1n) is 5.65. The van der Waals surface area contributed by atoms with Gasteiger partial charge in [0.1, 0.15) is 4.90 Å². The van der Waals surface area contributed by atoms with Gasteiger partial charge in [-0.25, -0.2) is 13.1 Å². The average molecular weight is 290 g/mol. The molecule has 0 aromatic heterocycles. The highest BCUT2D eigenvalue weighted by Gasteiger charge is 2.28.